The first-order valence-corrected chi connectivity index (χ1v) is 6.27. The van der Waals surface area contributed by atoms with Gasteiger partial charge in [0.15, 0.2) is 0 Å². The predicted octanol–water partition coefficient (Wildman–Crippen LogP) is 3.95. The molecular formula is C10H12BrFS. The molecule has 0 aliphatic rings. The van der Waals surface area contributed by atoms with E-state index in [1.54, 1.807) is 11.8 Å². The predicted molar refractivity (Wildman–Crippen MR) is 60.1 cm³/mol. The van der Waals surface area contributed by atoms with E-state index < -0.39 is 0 Å². The van der Waals surface area contributed by atoms with Gasteiger partial charge in [0.1, 0.15) is 5.82 Å². The average Bonchev–Trinajstić information content (AvgIpc) is 2.16. The molecule has 1 unspecified atom stereocenters. The Morgan fingerprint density at radius 1 is 1.38 bits per heavy atom. The number of alkyl halides is 1. The SMILES string of the molecule is CC(CBr)CSc1ccc(F)cc1. The van der Waals surface area contributed by atoms with Crippen LogP contribution in [0.1, 0.15) is 6.92 Å². The number of benzene rings is 1. The van der Waals surface area contributed by atoms with Gasteiger partial charge in [-0.3, -0.25) is 0 Å². The monoisotopic (exact) mass is 262 g/mol. The molecule has 1 aromatic rings. The van der Waals surface area contributed by atoms with Gasteiger partial charge in [0.05, 0.1) is 0 Å². The van der Waals surface area contributed by atoms with Crippen molar-refractivity contribution < 1.29 is 4.39 Å². The third-order valence-corrected chi connectivity index (χ3v) is 4.06. The highest BCUT2D eigenvalue weighted by atomic mass is 79.9. The van der Waals surface area contributed by atoms with Crippen molar-refractivity contribution in [2.45, 2.75) is 11.8 Å². The average molecular weight is 263 g/mol. The largest absolute Gasteiger partial charge is 0.207 e. The van der Waals surface area contributed by atoms with E-state index in [0.717, 1.165) is 16.0 Å². The van der Waals surface area contributed by atoms with Crippen LogP contribution in [0.3, 0.4) is 0 Å². The number of hydrogen-bond donors (Lipinski definition) is 0. The van der Waals surface area contributed by atoms with Crippen molar-refractivity contribution in [1.82, 2.24) is 0 Å². The van der Waals surface area contributed by atoms with Gasteiger partial charge in [-0.1, -0.05) is 22.9 Å². The van der Waals surface area contributed by atoms with Crippen molar-refractivity contribution in [1.29, 1.82) is 0 Å². The fourth-order valence-corrected chi connectivity index (χ4v) is 2.27. The van der Waals surface area contributed by atoms with E-state index in [4.69, 9.17) is 0 Å². The Hall–Kier alpha value is -0.0200. The maximum Gasteiger partial charge on any atom is 0.123 e. The molecule has 0 amide bonds. The first kappa shape index (κ1) is 11.1. The van der Waals surface area contributed by atoms with Crippen molar-refractivity contribution in [3.05, 3.63) is 30.1 Å². The lowest BCUT2D eigenvalue weighted by atomic mass is 10.3. The summed E-state index contributed by atoms with van der Waals surface area (Å²) in [4.78, 5) is 1.13. The van der Waals surface area contributed by atoms with Gasteiger partial charge in [-0.15, -0.1) is 11.8 Å². The van der Waals surface area contributed by atoms with E-state index >= 15 is 0 Å². The lowest BCUT2D eigenvalue weighted by molar-refractivity contribution is 0.626. The minimum atomic E-state index is -0.169. The Labute approximate surface area is 91.0 Å². The molecule has 0 N–H and O–H groups in total. The molecule has 1 aromatic carbocycles. The van der Waals surface area contributed by atoms with Crippen molar-refractivity contribution in [3.8, 4) is 0 Å². The van der Waals surface area contributed by atoms with Crippen molar-refractivity contribution in [3.63, 3.8) is 0 Å². The van der Waals surface area contributed by atoms with Crippen LogP contribution < -0.4 is 0 Å². The summed E-state index contributed by atoms with van der Waals surface area (Å²) >= 11 is 5.19. The number of thioether (sulfide) groups is 1. The first-order chi connectivity index (χ1) is 6.22. The highest BCUT2D eigenvalue weighted by Crippen LogP contribution is 2.21. The van der Waals surface area contributed by atoms with Crippen LogP contribution in [0.4, 0.5) is 4.39 Å². The summed E-state index contributed by atoms with van der Waals surface area (Å²) in [5, 5.41) is 1.02. The molecule has 3 heteroatoms. The van der Waals surface area contributed by atoms with Crippen LogP contribution in [0.15, 0.2) is 29.2 Å². The summed E-state index contributed by atoms with van der Waals surface area (Å²) in [6.07, 6.45) is 0. The molecule has 0 fully saturated rings. The molecule has 0 bridgehead atoms. The zero-order valence-corrected chi connectivity index (χ0v) is 9.87. The van der Waals surface area contributed by atoms with Crippen LogP contribution in [0.25, 0.3) is 0 Å². The third-order valence-electron chi connectivity index (χ3n) is 1.61. The van der Waals surface area contributed by atoms with Gasteiger partial charge >= 0.3 is 0 Å². The van der Waals surface area contributed by atoms with Crippen LogP contribution in [0.2, 0.25) is 0 Å². The quantitative estimate of drug-likeness (QED) is 0.585. The third kappa shape index (κ3) is 4.14. The van der Waals surface area contributed by atoms with Crippen LogP contribution >= 0.6 is 27.7 Å². The Morgan fingerprint density at radius 3 is 2.54 bits per heavy atom. The molecule has 0 nitrogen and oxygen atoms in total. The van der Waals surface area contributed by atoms with Crippen molar-refractivity contribution in [2.24, 2.45) is 5.92 Å². The first-order valence-electron chi connectivity index (χ1n) is 4.16. The highest BCUT2D eigenvalue weighted by Gasteiger charge is 2.00. The minimum Gasteiger partial charge on any atom is -0.207 e. The minimum absolute atomic E-state index is 0.169. The Balaban J connectivity index is 2.41. The van der Waals surface area contributed by atoms with Gasteiger partial charge in [-0.05, 0) is 30.2 Å². The molecule has 0 aliphatic heterocycles. The number of halogens is 2. The van der Waals surface area contributed by atoms with Crippen LogP contribution in [-0.2, 0) is 0 Å². The summed E-state index contributed by atoms with van der Waals surface area (Å²) in [6, 6.07) is 6.64. The van der Waals surface area contributed by atoms with Gasteiger partial charge in [0, 0.05) is 16.0 Å². The highest BCUT2D eigenvalue weighted by molar-refractivity contribution is 9.09. The number of hydrogen-bond acceptors (Lipinski definition) is 1. The van der Waals surface area contributed by atoms with E-state index in [9.17, 15) is 4.39 Å². The van der Waals surface area contributed by atoms with Crippen LogP contribution in [-0.4, -0.2) is 11.1 Å². The standard InChI is InChI=1S/C10H12BrFS/c1-8(6-11)7-13-10-4-2-9(12)3-5-10/h2-5,8H,6-7H2,1H3. The van der Waals surface area contributed by atoms with E-state index in [-0.39, 0.29) is 5.82 Å². The van der Waals surface area contributed by atoms with Crippen molar-refractivity contribution >= 4 is 27.7 Å². The molecule has 1 atom stereocenters. The Bertz CT molecular complexity index is 248. The fourth-order valence-electron chi connectivity index (χ4n) is 0.814. The summed E-state index contributed by atoms with van der Waals surface area (Å²) < 4.78 is 12.5. The normalized spacial score (nSPS) is 12.8. The molecule has 0 heterocycles. The summed E-state index contributed by atoms with van der Waals surface area (Å²) in [5.41, 5.74) is 0. The zero-order valence-electron chi connectivity index (χ0n) is 7.47. The van der Waals surface area contributed by atoms with Crippen LogP contribution in [0, 0.1) is 11.7 Å². The van der Waals surface area contributed by atoms with Gasteiger partial charge in [0.25, 0.3) is 0 Å². The summed E-state index contributed by atoms with van der Waals surface area (Å²) in [6.45, 7) is 2.19. The maximum atomic E-state index is 12.5. The van der Waals surface area contributed by atoms with E-state index in [1.165, 1.54) is 12.1 Å². The van der Waals surface area contributed by atoms with Gasteiger partial charge in [-0.2, -0.15) is 0 Å². The van der Waals surface area contributed by atoms with Gasteiger partial charge in [-0.25, -0.2) is 4.39 Å². The second-order valence-electron chi connectivity index (χ2n) is 3.02. The maximum absolute atomic E-state index is 12.5. The smallest absolute Gasteiger partial charge is 0.123 e. The van der Waals surface area contributed by atoms with Crippen molar-refractivity contribution in [2.75, 3.05) is 11.1 Å². The molecule has 13 heavy (non-hydrogen) atoms. The lowest BCUT2D eigenvalue weighted by Crippen LogP contribution is -1.98. The Morgan fingerprint density at radius 2 is 2.00 bits per heavy atom. The molecule has 0 radical (unpaired) electrons. The van der Waals surface area contributed by atoms with Gasteiger partial charge < -0.3 is 0 Å². The van der Waals surface area contributed by atoms with E-state index in [0.29, 0.717) is 5.92 Å². The van der Waals surface area contributed by atoms with E-state index in [1.807, 2.05) is 12.1 Å². The van der Waals surface area contributed by atoms with Gasteiger partial charge in [0.2, 0.25) is 0 Å². The molecule has 1 rings (SSSR count). The second kappa shape index (κ2) is 5.66. The Kier molecular flexibility index (Phi) is 4.81. The lowest BCUT2D eigenvalue weighted by Gasteiger charge is -2.06. The molecule has 0 spiro atoms. The topological polar surface area (TPSA) is 0 Å². The van der Waals surface area contributed by atoms with E-state index in [2.05, 4.69) is 22.9 Å². The molecule has 72 valence electrons. The molecule has 0 aliphatic carbocycles. The fraction of sp³-hybridized carbons (Fsp3) is 0.400. The number of rotatable bonds is 4. The molecule has 0 saturated heterocycles. The molecule has 0 aromatic heterocycles. The summed E-state index contributed by atoms with van der Waals surface area (Å²) in [7, 11) is 0. The zero-order chi connectivity index (χ0) is 9.68. The second-order valence-corrected chi connectivity index (χ2v) is 4.77. The van der Waals surface area contributed by atoms with Crippen LogP contribution in [0.5, 0.6) is 0 Å². The molecular weight excluding hydrogens is 251 g/mol. The molecule has 0 saturated carbocycles. The summed E-state index contributed by atoms with van der Waals surface area (Å²) in [5.74, 6) is 1.55.